The lowest BCUT2D eigenvalue weighted by Gasteiger charge is -2.35. The predicted molar refractivity (Wildman–Crippen MR) is 92.9 cm³/mol. The highest BCUT2D eigenvalue weighted by Gasteiger charge is 2.22. The van der Waals surface area contributed by atoms with Crippen molar-refractivity contribution in [3.05, 3.63) is 71.8 Å². The van der Waals surface area contributed by atoms with Crippen molar-refractivity contribution in [1.29, 1.82) is 0 Å². The number of halogens is 1. The van der Waals surface area contributed by atoms with E-state index in [0.717, 1.165) is 11.0 Å². The number of rotatable bonds is 5. The van der Waals surface area contributed by atoms with Crippen LogP contribution in [-0.4, -0.2) is 31.2 Å². The van der Waals surface area contributed by atoms with E-state index in [2.05, 4.69) is 94.7 Å². The molecule has 0 atom stereocenters. The van der Waals surface area contributed by atoms with Crippen molar-refractivity contribution in [2.24, 2.45) is 0 Å². The highest BCUT2D eigenvalue weighted by molar-refractivity contribution is 5.82. The normalized spacial score (nSPS) is 12.1. The van der Waals surface area contributed by atoms with E-state index in [1.54, 1.807) is 0 Å². The molecule has 0 N–H and O–H groups in total. The summed E-state index contributed by atoms with van der Waals surface area (Å²) in [5.41, 5.74) is 3.97. The molecular weight excluding hydrogens is 334 g/mol. The first-order valence-corrected chi connectivity index (χ1v) is 7.63. The standard InChI is InChI=1S/C20H26N.BrH/c1-17(2)21(3,4)16-20(19-13-9-6-10-14-19)15-18-11-7-5-8-12-18;/h5-15,17H,16H2,1-4H3;1H/q+1;/p-1. The molecule has 2 heteroatoms. The van der Waals surface area contributed by atoms with E-state index in [4.69, 9.17) is 0 Å². The molecule has 0 radical (unpaired) electrons. The Morgan fingerprint density at radius 2 is 1.41 bits per heavy atom. The molecule has 0 amide bonds. The quantitative estimate of drug-likeness (QED) is 0.563. The van der Waals surface area contributed by atoms with Gasteiger partial charge in [-0.1, -0.05) is 60.7 Å². The minimum Gasteiger partial charge on any atom is -1.00 e. The summed E-state index contributed by atoms with van der Waals surface area (Å²) in [6, 6.07) is 21.9. The van der Waals surface area contributed by atoms with Crippen molar-refractivity contribution >= 4 is 11.6 Å². The Morgan fingerprint density at radius 1 is 0.909 bits per heavy atom. The van der Waals surface area contributed by atoms with Gasteiger partial charge in [0.05, 0.1) is 20.1 Å². The molecule has 118 valence electrons. The fourth-order valence-corrected chi connectivity index (χ4v) is 2.24. The van der Waals surface area contributed by atoms with Crippen LogP contribution >= 0.6 is 0 Å². The van der Waals surface area contributed by atoms with Crippen LogP contribution in [0, 0.1) is 0 Å². The maximum absolute atomic E-state index is 2.32. The number of benzene rings is 2. The van der Waals surface area contributed by atoms with Gasteiger partial charge in [-0.25, -0.2) is 0 Å². The molecule has 1 nitrogen and oxygen atoms in total. The van der Waals surface area contributed by atoms with Crippen molar-refractivity contribution in [3.63, 3.8) is 0 Å². The van der Waals surface area contributed by atoms with Gasteiger partial charge in [0, 0.05) is 5.57 Å². The maximum Gasteiger partial charge on any atom is 0.105 e. The molecule has 22 heavy (non-hydrogen) atoms. The summed E-state index contributed by atoms with van der Waals surface area (Å²) in [6.07, 6.45) is 2.32. The number of hydrogen-bond acceptors (Lipinski definition) is 0. The summed E-state index contributed by atoms with van der Waals surface area (Å²) in [5, 5.41) is 0. The second-order valence-electron chi connectivity index (χ2n) is 6.48. The highest BCUT2D eigenvalue weighted by Crippen LogP contribution is 2.22. The Balaban J connectivity index is 0.00000242. The topological polar surface area (TPSA) is 0 Å². The van der Waals surface area contributed by atoms with E-state index in [0.29, 0.717) is 6.04 Å². The molecule has 0 spiro atoms. The van der Waals surface area contributed by atoms with Crippen molar-refractivity contribution in [2.75, 3.05) is 20.6 Å². The summed E-state index contributed by atoms with van der Waals surface area (Å²) >= 11 is 0. The lowest BCUT2D eigenvalue weighted by atomic mass is 10.0. The fraction of sp³-hybridized carbons (Fsp3) is 0.300. The Hall–Kier alpha value is -1.38. The third-order valence-electron chi connectivity index (χ3n) is 4.26. The molecular formula is C20H26BrN. The maximum atomic E-state index is 2.32. The van der Waals surface area contributed by atoms with Gasteiger partial charge in [-0.2, -0.15) is 0 Å². The minimum absolute atomic E-state index is 0. The lowest BCUT2D eigenvalue weighted by molar-refractivity contribution is -0.903. The summed E-state index contributed by atoms with van der Waals surface area (Å²) in [6.45, 7) is 5.59. The second kappa shape index (κ2) is 8.30. The van der Waals surface area contributed by atoms with Crippen molar-refractivity contribution in [1.82, 2.24) is 0 Å². The van der Waals surface area contributed by atoms with E-state index in [-0.39, 0.29) is 17.0 Å². The number of nitrogens with zero attached hydrogens (tertiary/aromatic N) is 1. The molecule has 0 aliphatic rings. The van der Waals surface area contributed by atoms with Crippen molar-refractivity contribution < 1.29 is 21.5 Å². The Labute approximate surface area is 145 Å². The molecule has 0 bridgehead atoms. The van der Waals surface area contributed by atoms with Crippen LogP contribution in [0.3, 0.4) is 0 Å². The zero-order valence-corrected chi connectivity index (χ0v) is 15.5. The average Bonchev–Trinajstić information content (AvgIpc) is 2.48. The third-order valence-corrected chi connectivity index (χ3v) is 4.26. The van der Waals surface area contributed by atoms with Crippen molar-refractivity contribution in [2.45, 2.75) is 19.9 Å². The van der Waals surface area contributed by atoms with Gasteiger partial charge in [-0.15, -0.1) is 0 Å². The Kier molecular flexibility index (Phi) is 7.05. The molecule has 0 aliphatic heterocycles. The molecule has 0 unspecified atom stereocenters. The molecule has 0 saturated carbocycles. The third kappa shape index (κ3) is 5.11. The van der Waals surface area contributed by atoms with Crippen LogP contribution in [0.4, 0.5) is 0 Å². The lowest BCUT2D eigenvalue weighted by Crippen LogP contribution is -3.00. The minimum atomic E-state index is 0. The molecule has 2 rings (SSSR count). The van der Waals surface area contributed by atoms with Gasteiger partial charge in [-0.3, -0.25) is 0 Å². The van der Waals surface area contributed by atoms with Crippen LogP contribution in [0.2, 0.25) is 0 Å². The van der Waals surface area contributed by atoms with E-state index in [1.165, 1.54) is 16.7 Å². The molecule has 2 aromatic carbocycles. The van der Waals surface area contributed by atoms with Gasteiger partial charge in [0.2, 0.25) is 0 Å². The number of hydrogen-bond donors (Lipinski definition) is 0. The second-order valence-corrected chi connectivity index (χ2v) is 6.48. The molecule has 0 aromatic heterocycles. The number of likely N-dealkylation sites (N-methyl/N-ethyl adjacent to an activating group) is 1. The Bertz CT molecular complexity index is 586. The number of quaternary nitrogens is 1. The van der Waals surface area contributed by atoms with Crippen LogP contribution in [0.25, 0.3) is 11.6 Å². The highest BCUT2D eigenvalue weighted by atomic mass is 79.9. The van der Waals surface area contributed by atoms with Crippen molar-refractivity contribution in [3.8, 4) is 0 Å². The molecule has 0 fully saturated rings. The predicted octanol–water partition coefficient (Wildman–Crippen LogP) is 1.72. The molecule has 0 heterocycles. The first-order valence-electron chi connectivity index (χ1n) is 7.63. The van der Waals surface area contributed by atoms with Crippen LogP contribution < -0.4 is 17.0 Å². The van der Waals surface area contributed by atoms with Crippen LogP contribution in [0.15, 0.2) is 60.7 Å². The molecule has 0 aliphatic carbocycles. The van der Waals surface area contributed by atoms with Gasteiger partial charge in [0.15, 0.2) is 0 Å². The van der Waals surface area contributed by atoms with Crippen LogP contribution in [0.5, 0.6) is 0 Å². The van der Waals surface area contributed by atoms with E-state index >= 15 is 0 Å². The SMILES string of the molecule is CC(C)[N+](C)(C)CC(=Cc1ccccc1)c1ccccc1.[Br-]. The monoisotopic (exact) mass is 359 g/mol. The van der Waals surface area contributed by atoms with Crippen LogP contribution in [-0.2, 0) is 0 Å². The molecule has 2 aromatic rings. The van der Waals surface area contributed by atoms with Gasteiger partial charge in [0.1, 0.15) is 6.54 Å². The Morgan fingerprint density at radius 3 is 1.91 bits per heavy atom. The van der Waals surface area contributed by atoms with E-state index in [1.807, 2.05) is 0 Å². The summed E-state index contributed by atoms with van der Waals surface area (Å²) in [5.74, 6) is 0. The van der Waals surface area contributed by atoms with E-state index in [9.17, 15) is 0 Å². The summed E-state index contributed by atoms with van der Waals surface area (Å²) in [7, 11) is 4.60. The summed E-state index contributed by atoms with van der Waals surface area (Å²) < 4.78 is 0.980. The van der Waals surface area contributed by atoms with E-state index < -0.39 is 0 Å². The fourth-order valence-electron chi connectivity index (χ4n) is 2.24. The zero-order chi connectivity index (χ0) is 15.3. The van der Waals surface area contributed by atoms with Gasteiger partial charge >= 0.3 is 0 Å². The van der Waals surface area contributed by atoms with Crippen LogP contribution in [0.1, 0.15) is 25.0 Å². The molecule has 0 saturated heterocycles. The smallest absolute Gasteiger partial charge is 0.105 e. The van der Waals surface area contributed by atoms with Gasteiger partial charge in [-0.05, 0) is 31.1 Å². The largest absolute Gasteiger partial charge is 1.00 e. The first kappa shape index (κ1) is 18.7. The van der Waals surface area contributed by atoms with Gasteiger partial charge in [0.25, 0.3) is 0 Å². The average molecular weight is 360 g/mol. The van der Waals surface area contributed by atoms with Gasteiger partial charge < -0.3 is 21.5 Å². The summed E-state index contributed by atoms with van der Waals surface area (Å²) in [4.78, 5) is 0. The first-order chi connectivity index (χ1) is 9.99. The zero-order valence-electron chi connectivity index (χ0n) is 14.0.